The maximum absolute atomic E-state index is 12.3. The number of amides is 1. The third-order valence-corrected chi connectivity index (χ3v) is 3.21. The van der Waals surface area contributed by atoms with Gasteiger partial charge in [0.25, 0.3) is 5.91 Å². The van der Waals surface area contributed by atoms with Crippen LogP contribution in [0.1, 0.15) is 37.0 Å². The van der Waals surface area contributed by atoms with Crippen LogP contribution in [-0.4, -0.2) is 29.8 Å². The van der Waals surface area contributed by atoms with E-state index in [-0.39, 0.29) is 17.9 Å². The molecule has 0 heterocycles. The number of aliphatic hydroxyl groups is 1. The molecule has 1 atom stereocenters. The van der Waals surface area contributed by atoms with Crippen LogP contribution in [0.4, 0.5) is 8.78 Å². The Morgan fingerprint density at radius 1 is 1.45 bits per heavy atom. The summed E-state index contributed by atoms with van der Waals surface area (Å²) >= 11 is 0. The smallest absolute Gasteiger partial charge is 0.387 e. The van der Waals surface area contributed by atoms with Gasteiger partial charge in [-0.3, -0.25) is 4.79 Å². The number of aliphatic hydroxyl groups excluding tert-OH is 1. The van der Waals surface area contributed by atoms with Crippen molar-refractivity contribution in [1.82, 2.24) is 5.32 Å². The lowest BCUT2D eigenvalue weighted by Gasteiger charge is -2.29. The average molecular weight is 287 g/mol. The minimum Gasteiger partial charge on any atom is -0.434 e. The minimum absolute atomic E-state index is 0.0467. The number of carbonyl (C=O) groups is 1. The van der Waals surface area contributed by atoms with E-state index < -0.39 is 18.1 Å². The van der Waals surface area contributed by atoms with Crippen molar-refractivity contribution in [3.05, 3.63) is 29.8 Å². The first-order valence-corrected chi connectivity index (χ1v) is 6.39. The molecule has 0 fully saturated rings. The normalized spacial score (nSPS) is 13.9. The van der Waals surface area contributed by atoms with Crippen molar-refractivity contribution in [3.8, 4) is 5.75 Å². The Morgan fingerprint density at radius 2 is 2.10 bits per heavy atom. The summed E-state index contributed by atoms with van der Waals surface area (Å²) in [5.74, 6) is -0.665. The molecule has 0 aliphatic carbocycles. The van der Waals surface area contributed by atoms with Gasteiger partial charge in [-0.25, -0.2) is 0 Å². The topological polar surface area (TPSA) is 58.6 Å². The summed E-state index contributed by atoms with van der Waals surface area (Å²) in [6.45, 7) is 0.605. The second-order valence-corrected chi connectivity index (χ2v) is 4.72. The Balaban J connectivity index is 2.92. The predicted molar refractivity (Wildman–Crippen MR) is 70.9 cm³/mol. The molecule has 1 amide bonds. The molecular weight excluding hydrogens is 268 g/mol. The van der Waals surface area contributed by atoms with Crippen molar-refractivity contribution < 1.29 is 23.4 Å². The van der Waals surface area contributed by atoms with E-state index in [0.717, 1.165) is 0 Å². The highest BCUT2D eigenvalue weighted by atomic mass is 19.3. The van der Waals surface area contributed by atoms with Gasteiger partial charge in [-0.1, -0.05) is 19.1 Å². The Labute approximate surface area is 116 Å². The molecule has 20 heavy (non-hydrogen) atoms. The lowest BCUT2D eigenvalue weighted by molar-refractivity contribution is -0.0501. The molecule has 0 spiro atoms. The fourth-order valence-electron chi connectivity index (χ4n) is 1.77. The van der Waals surface area contributed by atoms with Crippen LogP contribution in [0.2, 0.25) is 0 Å². The van der Waals surface area contributed by atoms with Gasteiger partial charge in [-0.05, 0) is 31.9 Å². The van der Waals surface area contributed by atoms with Crippen molar-refractivity contribution in [2.75, 3.05) is 6.61 Å². The van der Waals surface area contributed by atoms with E-state index in [2.05, 4.69) is 10.1 Å². The quantitative estimate of drug-likeness (QED) is 0.810. The summed E-state index contributed by atoms with van der Waals surface area (Å²) in [7, 11) is 0. The predicted octanol–water partition coefficient (Wildman–Crippen LogP) is 2.57. The van der Waals surface area contributed by atoms with Gasteiger partial charge in [-0.15, -0.1) is 0 Å². The minimum atomic E-state index is -2.99. The number of nitrogens with one attached hydrogen (secondary N) is 1. The van der Waals surface area contributed by atoms with Crippen LogP contribution in [0, 0.1) is 0 Å². The van der Waals surface area contributed by atoms with E-state index in [1.54, 1.807) is 13.0 Å². The second kappa shape index (κ2) is 7.19. The van der Waals surface area contributed by atoms with Gasteiger partial charge in [0.2, 0.25) is 0 Å². The van der Waals surface area contributed by atoms with Crippen molar-refractivity contribution in [1.29, 1.82) is 0 Å². The van der Waals surface area contributed by atoms with Crippen LogP contribution in [-0.2, 0) is 0 Å². The summed E-state index contributed by atoms with van der Waals surface area (Å²) in [5.41, 5.74) is -0.547. The Kier molecular flexibility index (Phi) is 5.88. The second-order valence-electron chi connectivity index (χ2n) is 4.72. The van der Waals surface area contributed by atoms with Crippen molar-refractivity contribution in [3.63, 3.8) is 0 Å². The van der Waals surface area contributed by atoms with Crippen LogP contribution in [0.5, 0.6) is 5.75 Å². The lowest BCUT2D eigenvalue weighted by Crippen LogP contribution is -2.46. The van der Waals surface area contributed by atoms with Crippen LogP contribution in [0.15, 0.2) is 24.3 Å². The van der Waals surface area contributed by atoms with Crippen molar-refractivity contribution >= 4 is 5.91 Å². The van der Waals surface area contributed by atoms with Crippen molar-refractivity contribution in [2.45, 2.75) is 38.8 Å². The summed E-state index contributed by atoms with van der Waals surface area (Å²) in [5, 5.41) is 11.8. The Morgan fingerprint density at radius 3 is 2.65 bits per heavy atom. The number of rotatable bonds is 7. The Bertz CT molecular complexity index is 454. The number of hydrogen-bond acceptors (Lipinski definition) is 3. The number of alkyl halides is 2. The third-order valence-electron chi connectivity index (χ3n) is 3.21. The molecule has 0 aliphatic rings. The monoisotopic (exact) mass is 287 g/mol. The van der Waals surface area contributed by atoms with E-state index in [0.29, 0.717) is 12.8 Å². The van der Waals surface area contributed by atoms with Crippen LogP contribution < -0.4 is 10.1 Å². The van der Waals surface area contributed by atoms with E-state index >= 15 is 0 Å². The molecule has 2 N–H and O–H groups in total. The zero-order valence-corrected chi connectivity index (χ0v) is 11.5. The molecule has 112 valence electrons. The highest BCUT2D eigenvalue weighted by Gasteiger charge is 2.26. The van der Waals surface area contributed by atoms with Gasteiger partial charge < -0.3 is 15.2 Å². The number of hydrogen-bond donors (Lipinski definition) is 2. The van der Waals surface area contributed by atoms with E-state index in [1.807, 2.05) is 6.92 Å². The molecule has 0 saturated heterocycles. The molecule has 0 aromatic heterocycles. The molecule has 0 saturated carbocycles. The van der Waals surface area contributed by atoms with Gasteiger partial charge in [-0.2, -0.15) is 8.78 Å². The van der Waals surface area contributed by atoms with Crippen LogP contribution >= 0.6 is 0 Å². The maximum atomic E-state index is 12.3. The SMILES string of the molecule is CCC(C)(CCO)NC(=O)c1ccccc1OC(F)F. The maximum Gasteiger partial charge on any atom is 0.387 e. The van der Waals surface area contributed by atoms with Gasteiger partial charge in [0.05, 0.1) is 5.56 Å². The fourth-order valence-corrected chi connectivity index (χ4v) is 1.77. The number of benzene rings is 1. The average Bonchev–Trinajstić information content (AvgIpc) is 2.38. The number of ether oxygens (including phenoxy) is 1. The van der Waals surface area contributed by atoms with Crippen LogP contribution in [0.25, 0.3) is 0 Å². The highest BCUT2D eigenvalue weighted by Crippen LogP contribution is 2.22. The van der Waals surface area contributed by atoms with Crippen molar-refractivity contribution in [2.24, 2.45) is 0 Å². The van der Waals surface area contributed by atoms with E-state index in [4.69, 9.17) is 5.11 Å². The Hall–Kier alpha value is -1.69. The van der Waals surface area contributed by atoms with E-state index in [1.165, 1.54) is 18.2 Å². The molecule has 4 nitrogen and oxygen atoms in total. The molecule has 1 aromatic carbocycles. The lowest BCUT2D eigenvalue weighted by atomic mass is 9.94. The highest BCUT2D eigenvalue weighted by molar-refractivity contribution is 5.97. The summed E-state index contributed by atoms with van der Waals surface area (Å²) < 4.78 is 28.9. The largest absolute Gasteiger partial charge is 0.434 e. The zero-order valence-electron chi connectivity index (χ0n) is 11.5. The molecule has 0 aliphatic heterocycles. The van der Waals surface area contributed by atoms with Crippen LogP contribution in [0.3, 0.4) is 0 Å². The number of halogens is 2. The first-order valence-electron chi connectivity index (χ1n) is 6.39. The first-order chi connectivity index (χ1) is 9.41. The molecule has 0 bridgehead atoms. The van der Waals surface area contributed by atoms with Gasteiger partial charge in [0.1, 0.15) is 5.75 Å². The number of para-hydroxylation sites is 1. The van der Waals surface area contributed by atoms with Gasteiger partial charge >= 0.3 is 6.61 Å². The zero-order chi connectivity index (χ0) is 15.2. The standard InChI is InChI=1S/C14H19F2NO3/c1-3-14(2,8-9-18)17-12(19)10-6-4-5-7-11(10)20-13(15)16/h4-7,13,18H,3,8-9H2,1-2H3,(H,17,19). The summed E-state index contributed by atoms with van der Waals surface area (Å²) in [6, 6.07) is 5.82. The third kappa shape index (κ3) is 4.45. The molecule has 0 radical (unpaired) electrons. The van der Waals surface area contributed by atoms with Gasteiger partial charge in [0.15, 0.2) is 0 Å². The van der Waals surface area contributed by atoms with Gasteiger partial charge in [0, 0.05) is 12.1 Å². The molecular formula is C14H19F2NO3. The summed E-state index contributed by atoms with van der Waals surface area (Å²) in [4.78, 5) is 12.2. The molecule has 1 rings (SSSR count). The summed E-state index contributed by atoms with van der Waals surface area (Å²) in [6.07, 6.45) is 0.990. The number of carbonyl (C=O) groups excluding carboxylic acids is 1. The molecule has 1 unspecified atom stereocenters. The van der Waals surface area contributed by atoms with E-state index in [9.17, 15) is 13.6 Å². The molecule has 6 heteroatoms. The first kappa shape index (κ1) is 16.4. The molecule has 1 aromatic rings. The fraction of sp³-hybridized carbons (Fsp3) is 0.500.